The van der Waals surface area contributed by atoms with Crippen molar-refractivity contribution < 1.29 is 19.1 Å². The van der Waals surface area contributed by atoms with Crippen LogP contribution in [0.5, 0.6) is 5.75 Å². The Kier molecular flexibility index (Phi) is 4.88. The van der Waals surface area contributed by atoms with E-state index in [4.69, 9.17) is 10.5 Å². The van der Waals surface area contributed by atoms with Gasteiger partial charge in [0.2, 0.25) is 5.91 Å². The van der Waals surface area contributed by atoms with Crippen LogP contribution in [0.2, 0.25) is 0 Å². The number of nitrogens with zero attached hydrogens (tertiary/aromatic N) is 1. The van der Waals surface area contributed by atoms with E-state index in [1.807, 2.05) is 24.3 Å². The number of aryl methyl sites for hydroxylation is 1. The van der Waals surface area contributed by atoms with Crippen molar-refractivity contribution in [1.29, 1.82) is 0 Å². The maximum atomic E-state index is 12.4. The predicted molar refractivity (Wildman–Crippen MR) is 83.8 cm³/mol. The number of primary amides is 1. The predicted octanol–water partition coefficient (Wildman–Crippen LogP) is 0.814. The summed E-state index contributed by atoms with van der Waals surface area (Å²) in [6, 6.07) is 7.08. The molecule has 0 aliphatic carbocycles. The van der Waals surface area contributed by atoms with E-state index in [9.17, 15) is 14.4 Å². The number of hydrogen-bond donors (Lipinski definition) is 2. The van der Waals surface area contributed by atoms with Crippen molar-refractivity contribution in [2.24, 2.45) is 5.73 Å². The average molecular weight is 319 g/mol. The van der Waals surface area contributed by atoms with Gasteiger partial charge in [-0.3, -0.25) is 14.5 Å². The van der Waals surface area contributed by atoms with E-state index < -0.39 is 17.5 Å². The minimum absolute atomic E-state index is 0.0120. The zero-order chi connectivity index (χ0) is 17.0. The monoisotopic (exact) mass is 319 g/mol. The van der Waals surface area contributed by atoms with E-state index in [-0.39, 0.29) is 18.9 Å². The first kappa shape index (κ1) is 16.8. The van der Waals surface area contributed by atoms with Crippen LogP contribution < -0.4 is 15.8 Å². The molecule has 1 fully saturated rings. The third-order valence-corrected chi connectivity index (χ3v) is 4.00. The molecule has 1 unspecified atom stereocenters. The summed E-state index contributed by atoms with van der Waals surface area (Å²) >= 11 is 0. The molecular formula is C16H21N3O4. The zero-order valence-electron chi connectivity index (χ0n) is 13.3. The molecule has 3 N–H and O–H groups in total. The van der Waals surface area contributed by atoms with Gasteiger partial charge in [-0.25, -0.2) is 4.79 Å². The van der Waals surface area contributed by atoms with Gasteiger partial charge in [-0.15, -0.1) is 0 Å². The van der Waals surface area contributed by atoms with Gasteiger partial charge in [-0.2, -0.15) is 0 Å². The molecule has 1 aliphatic heterocycles. The first-order valence-electron chi connectivity index (χ1n) is 7.41. The van der Waals surface area contributed by atoms with Crippen LogP contribution in [0.25, 0.3) is 0 Å². The molecule has 4 amide bonds. The number of methoxy groups -OCH3 is 1. The Balaban J connectivity index is 1.99. The number of nitrogens with one attached hydrogen (secondary N) is 1. The van der Waals surface area contributed by atoms with Crippen LogP contribution >= 0.6 is 0 Å². The summed E-state index contributed by atoms with van der Waals surface area (Å²) in [4.78, 5) is 36.3. The van der Waals surface area contributed by atoms with Gasteiger partial charge in [-0.05, 0) is 37.5 Å². The quantitative estimate of drug-likeness (QED) is 0.726. The maximum Gasteiger partial charge on any atom is 0.325 e. The van der Waals surface area contributed by atoms with Crippen molar-refractivity contribution in [3.05, 3.63) is 29.8 Å². The van der Waals surface area contributed by atoms with Gasteiger partial charge in [0.05, 0.1) is 7.11 Å². The standard InChI is InChI=1S/C16H21N3O4/c1-16(9-7-11-3-5-12(23-2)6-4-11)14(21)19(15(22)18-16)10-8-13(17)20/h3-6H,7-10H2,1-2H3,(H2,17,20)(H,18,22). The van der Waals surface area contributed by atoms with Crippen LogP contribution in [0, 0.1) is 0 Å². The number of carbonyl (C=O) groups excluding carboxylic acids is 3. The summed E-state index contributed by atoms with van der Waals surface area (Å²) in [5.74, 6) is -0.0995. The maximum absolute atomic E-state index is 12.4. The summed E-state index contributed by atoms with van der Waals surface area (Å²) in [6.45, 7) is 1.71. The molecule has 7 nitrogen and oxygen atoms in total. The number of ether oxygens (including phenoxy) is 1. The summed E-state index contributed by atoms with van der Waals surface area (Å²) < 4.78 is 5.10. The first-order valence-corrected chi connectivity index (χ1v) is 7.41. The Labute approximate surface area is 134 Å². The number of urea groups is 1. The Morgan fingerprint density at radius 1 is 1.30 bits per heavy atom. The Hall–Kier alpha value is -2.57. The third kappa shape index (κ3) is 3.80. The smallest absolute Gasteiger partial charge is 0.325 e. The van der Waals surface area contributed by atoms with Gasteiger partial charge < -0.3 is 15.8 Å². The lowest BCUT2D eigenvalue weighted by molar-refractivity contribution is -0.131. The largest absolute Gasteiger partial charge is 0.497 e. The molecule has 1 heterocycles. The molecular weight excluding hydrogens is 298 g/mol. The highest BCUT2D eigenvalue weighted by Crippen LogP contribution is 2.24. The first-order chi connectivity index (χ1) is 10.9. The second kappa shape index (κ2) is 6.68. The Morgan fingerprint density at radius 2 is 1.96 bits per heavy atom. The number of rotatable bonds is 7. The molecule has 2 rings (SSSR count). The highest BCUT2D eigenvalue weighted by molar-refractivity contribution is 6.07. The summed E-state index contributed by atoms with van der Waals surface area (Å²) in [6.07, 6.45) is 1.07. The van der Waals surface area contributed by atoms with Crippen molar-refractivity contribution >= 4 is 17.8 Å². The van der Waals surface area contributed by atoms with E-state index in [1.165, 1.54) is 0 Å². The lowest BCUT2D eigenvalue weighted by Crippen LogP contribution is -2.44. The highest BCUT2D eigenvalue weighted by atomic mass is 16.5. The second-order valence-corrected chi connectivity index (χ2v) is 5.78. The van der Waals surface area contributed by atoms with E-state index in [0.29, 0.717) is 12.8 Å². The fourth-order valence-corrected chi connectivity index (χ4v) is 2.53. The van der Waals surface area contributed by atoms with Crippen molar-refractivity contribution in [3.63, 3.8) is 0 Å². The van der Waals surface area contributed by atoms with Crippen LogP contribution in [0.4, 0.5) is 4.79 Å². The molecule has 0 aromatic heterocycles. The van der Waals surface area contributed by atoms with Crippen molar-refractivity contribution in [1.82, 2.24) is 10.2 Å². The Morgan fingerprint density at radius 3 is 2.52 bits per heavy atom. The molecule has 23 heavy (non-hydrogen) atoms. The molecule has 0 spiro atoms. The van der Waals surface area contributed by atoms with Crippen LogP contribution in [0.15, 0.2) is 24.3 Å². The number of benzene rings is 1. The molecule has 1 atom stereocenters. The van der Waals surface area contributed by atoms with Crippen LogP contribution in [-0.4, -0.2) is 41.9 Å². The van der Waals surface area contributed by atoms with Crippen LogP contribution in [-0.2, 0) is 16.0 Å². The van der Waals surface area contributed by atoms with Gasteiger partial charge in [0, 0.05) is 13.0 Å². The number of carbonyl (C=O) groups is 3. The van der Waals surface area contributed by atoms with Crippen molar-refractivity contribution in [2.45, 2.75) is 31.7 Å². The van der Waals surface area contributed by atoms with E-state index in [2.05, 4.69) is 5.32 Å². The normalized spacial score (nSPS) is 20.5. The average Bonchev–Trinajstić information content (AvgIpc) is 2.74. The van der Waals surface area contributed by atoms with Crippen molar-refractivity contribution in [2.75, 3.05) is 13.7 Å². The lowest BCUT2D eigenvalue weighted by atomic mass is 9.93. The number of amides is 4. The fourth-order valence-electron chi connectivity index (χ4n) is 2.53. The van der Waals surface area contributed by atoms with Gasteiger partial charge >= 0.3 is 6.03 Å². The molecule has 1 aliphatic rings. The molecule has 0 radical (unpaired) electrons. The second-order valence-electron chi connectivity index (χ2n) is 5.78. The van der Waals surface area contributed by atoms with E-state index in [1.54, 1.807) is 14.0 Å². The highest BCUT2D eigenvalue weighted by Gasteiger charge is 2.47. The van der Waals surface area contributed by atoms with Gasteiger partial charge in [0.1, 0.15) is 11.3 Å². The zero-order valence-corrected chi connectivity index (χ0v) is 13.3. The number of imide groups is 1. The summed E-state index contributed by atoms with van der Waals surface area (Å²) in [7, 11) is 1.60. The van der Waals surface area contributed by atoms with Gasteiger partial charge in [0.25, 0.3) is 5.91 Å². The summed E-state index contributed by atoms with van der Waals surface area (Å²) in [5, 5.41) is 2.71. The van der Waals surface area contributed by atoms with Crippen LogP contribution in [0.1, 0.15) is 25.3 Å². The molecule has 1 saturated heterocycles. The van der Waals surface area contributed by atoms with Gasteiger partial charge in [-0.1, -0.05) is 12.1 Å². The molecule has 1 aromatic rings. The SMILES string of the molecule is COc1ccc(CCC2(C)NC(=O)N(CCC(N)=O)C2=O)cc1. The fraction of sp³-hybridized carbons (Fsp3) is 0.438. The minimum atomic E-state index is -0.964. The van der Waals surface area contributed by atoms with Gasteiger partial charge in [0.15, 0.2) is 0 Å². The van der Waals surface area contributed by atoms with E-state index in [0.717, 1.165) is 16.2 Å². The topological polar surface area (TPSA) is 102 Å². The van der Waals surface area contributed by atoms with Crippen molar-refractivity contribution in [3.8, 4) is 5.75 Å². The minimum Gasteiger partial charge on any atom is -0.497 e. The Bertz CT molecular complexity index is 614. The number of hydrogen-bond acceptors (Lipinski definition) is 4. The molecule has 0 bridgehead atoms. The summed E-state index contributed by atoms with van der Waals surface area (Å²) in [5.41, 5.74) is 5.15. The van der Waals surface area contributed by atoms with Crippen LogP contribution in [0.3, 0.4) is 0 Å². The molecule has 1 aromatic carbocycles. The van der Waals surface area contributed by atoms with E-state index >= 15 is 0 Å². The molecule has 7 heteroatoms. The molecule has 124 valence electrons. The lowest BCUT2D eigenvalue weighted by Gasteiger charge is -2.21. The third-order valence-electron chi connectivity index (χ3n) is 4.00. The number of nitrogens with two attached hydrogens (primary N) is 1. The molecule has 0 saturated carbocycles.